The summed E-state index contributed by atoms with van der Waals surface area (Å²) in [7, 11) is 0. The van der Waals surface area contributed by atoms with Crippen LogP contribution in [-0.4, -0.2) is 25.1 Å². The zero-order valence-electron chi connectivity index (χ0n) is 11.5. The van der Waals surface area contributed by atoms with Gasteiger partial charge in [0.15, 0.2) is 0 Å². The third-order valence-electron chi connectivity index (χ3n) is 3.19. The Balaban J connectivity index is 2.21. The van der Waals surface area contributed by atoms with Gasteiger partial charge in [0.25, 0.3) is 0 Å². The molecule has 0 spiro atoms. The molecule has 108 valence electrons. The summed E-state index contributed by atoms with van der Waals surface area (Å²) >= 11 is 1.48. The third kappa shape index (κ3) is 2.45. The minimum absolute atomic E-state index is 0.269. The Labute approximate surface area is 124 Å². The molecule has 0 unspecified atom stereocenters. The lowest BCUT2D eigenvalue weighted by Crippen LogP contribution is -2.00. The maximum Gasteiger partial charge on any atom is 0.212 e. The summed E-state index contributed by atoms with van der Waals surface area (Å²) in [5.74, 6) is -0.351. The smallest absolute Gasteiger partial charge is 0.212 e. The quantitative estimate of drug-likeness (QED) is 0.808. The van der Waals surface area contributed by atoms with Crippen LogP contribution >= 0.6 is 11.3 Å². The van der Waals surface area contributed by atoms with Crippen molar-refractivity contribution < 1.29 is 9.50 Å². The molecule has 7 heteroatoms. The Morgan fingerprint density at radius 2 is 2.14 bits per heavy atom. The molecule has 0 aliphatic carbocycles. The first-order valence-electron chi connectivity index (χ1n) is 6.36. The van der Waals surface area contributed by atoms with Crippen LogP contribution in [0, 0.1) is 19.7 Å². The lowest BCUT2D eigenvalue weighted by Gasteiger charge is -2.05. The molecule has 1 N–H and O–H groups in total. The van der Waals surface area contributed by atoms with Crippen LogP contribution in [0.2, 0.25) is 0 Å². The summed E-state index contributed by atoms with van der Waals surface area (Å²) in [6, 6.07) is 6.13. The Bertz CT molecular complexity index is 777. The van der Waals surface area contributed by atoms with Gasteiger partial charge < -0.3 is 5.11 Å². The van der Waals surface area contributed by atoms with Crippen molar-refractivity contribution in [3.8, 4) is 16.4 Å². The lowest BCUT2D eigenvalue weighted by atomic mass is 10.1. The molecule has 5 nitrogen and oxygen atoms in total. The van der Waals surface area contributed by atoms with E-state index in [0.717, 1.165) is 10.6 Å². The number of aliphatic hydroxyl groups is 1. The number of hydrogen-bond donors (Lipinski definition) is 1. The minimum atomic E-state index is -0.351. The van der Waals surface area contributed by atoms with Crippen LogP contribution in [-0.2, 0) is 6.61 Å². The van der Waals surface area contributed by atoms with Crippen molar-refractivity contribution in [1.29, 1.82) is 0 Å². The number of aromatic nitrogens is 4. The highest BCUT2D eigenvalue weighted by molar-refractivity contribution is 7.14. The molecule has 2 heterocycles. The molecule has 0 saturated carbocycles. The Morgan fingerprint density at radius 3 is 2.76 bits per heavy atom. The predicted molar refractivity (Wildman–Crippen MR) is 77.8 cm³/mol. The van der Waals surface area contributed by atoms with Gasteiger partial charge in [0, 0.05) is 10.4 Å². The van der Waals surface area contributed by atoms with Crippen molar-refractivity contribution in [2.24, 2.45) is 0 Å². The van der Waals surface area contributed by atoms with E-state index in [2.05, 4.69) is 15.3 Å². The van der Waals surface area contributed by atoms with E-state index >= 15 is 0 Å². The molecule has 2 aromatic heterocycles. The highest BCUT2D eigenvalue weighted by atomic mass is 32.1. The maximum atomic E-state index is 13.5. The molecule has 0 aliphatic heterocycles. The SMILES string of the molecule is Cc1nc(-n2nnc(CO)c2-c2cccc(F)c2)sc1C. The van der Waals surface area contributed by atoms with E-state index in [4.69, 9.17) is 0 Å². The van der Waals surface area contributed by atoms with E-state index in [1.807, 2.05) is 13.8 Å². The van der Waals surface area contributed by atoms with Crippen molar-refractivity contribution in [3.05, 3.63) is 46.3 Å². The molecule has 0 aliphatic rings. The second kappa shape index (κ2) is 5.34. The van der Waals surface area contributed by atoms with E-state index in [-0.39, 0.29) is 12.4 Å². The van der Waals surface area contributed by atoms with Crippen molar-refractivity contribution in [2.75, 3.05) is 0 Å². The summed E-state index contributed by atoms with van der Waals surface area (Å²) in [4.78, 5) is 5.52. The van der Waals surface area contributed by atoms with Crippen LogP contribution < -0.4 is 0 Å². The third-order valence-corrected chi connectivity index (χ3v) is 4.23. The zero-order valence-corrected chi connectivity index (χ0v) is 12.4. The average Bonchev–Trinajstić information content (AvgIpc) is 3.03. The van der Waals surface area contributed by atoms with E-state index in [1.54, 1.807) is 16.8 Å². The molecule has 3 aromatic rings. The summed E-state index contributed by atoms with van der Waals surface area (Å²) in [5, 5.41) is 18.1. The molecular formula is C14H13FN4OS. The molecule has 0 radical (unpaired) electrons. The largest absolute Gasteiger partial charge is 0.390 e. The number of rotatable bonds is 3. The van der Waals surface area contributed by atoms with Crippen LogP contribution in [0.5, 0.6) is 0 Å². The van der Waals surface area contributed by atoms with E-state index in [9.17, 15) is 9.50 Å². The summed E-state index contributed by atoms with van der Waals surface area (Å²) in [5.41, 5.74) is 2.48. The van der Waals surface area contributed by atoms with Crippen molar-refractivity contribution >= 4 is 11.3 Å². The van der Waals surface area contributed by atoms with Crippen molar-refractivity contribution in [1.82, 2.24) is 20.0 Å². The fourth-order valence-corrected chi connectivity index (χ4v) is 2.89. The molecule has 3 rings (SSSR count). The monoisotopic (exact) mass is 304 g/mol. The van der Waals surface area contributed by atoms with Gasteiger partial charge in [-0.15, -0.1) is 5.10 Å². The average molecular weight is 304 g/mol. The van der Waals surface area contributed by atoms with Gasteiger partial charge in [-0.3, -0.25) is 0 Å². The highest BCUT2D eigenvalue weighted by Crippen LogP contribution is 2.28. The number of aliphatic hydroxyl groups excluding tert-OH is 1. The van der Waals surface area contributed by atoms with Crippen LogP contribution in [0.25, 0.3) is 16.4 Å². The Morgan fingerprint density at radius 1 is 1.33 bits per heavy atom. The van der Waals surface area contributed by atoms with Gasteiger partial charge in [-0.2, -0.15) is 4.68 Å². The first kappa shape index (κ1) is 13.8. The number of thiazole rings is 1. The highest BCUT2D eigenvalue weighted by Gasteiger charge is 2.18. The summed E-state index contributed by atoms with van der Waals surface area (Å²) < 4.78 is 15.0. The maximum absolute atomic E-state index is 13.5. The Hall–Kier alpha value is -2.12. The standard InChI is InChI=1S/C14H13FN4OS/c1-8-9(2)21-14(16-8)19-13(12(7-20)17-18-19)10-4-3-5-11(15)6-10/h3-6,20H,7H2,1-2H3. The number of hydrogen-bond acceptors (Lipinski definition) is 5. The summed E-state index contributed by atoms with van der Waals surface area (Å²) in [6.45, 7) is 3.62. The number of halogens is 1. The number of benzene rings is 1. The summed E-state index contributed by atoms with van der Waals surface area (Å²) in [6.07, 6.45) is 0. The molecular weight excluding hydrogens is 291 g/mol. The van der Waals surface area contributed by atoms with Gasteiger partial charge >= 0.3 is 0 Å². The van der Waals surface area contributed by atoms with Crippen molar-refractivity contribution in [3.63, 3.8) is 0 Å². The van der Waals surface area contributed by atoms with Gasteiger partial charge in [0.2, 0.25) is 5.13 Å². The lowest BCUT2D eigenvalue weighted by molar-refractivity contribution is 0.277. The molecule has 0 atom stereocenters. The van der Waals surface area contributed by atoms with E-state index in [0.29, 0.717) is 22.1 Å². The minimum Gasteiger partial charge on any atom is -0.390 e. The number of nitrogens with zero attached hydrogens (tertiary/aromatic N) is 4. The second-order valence-corrected chi connectivity index (χ2v) is 5.78. The fourth-order valence-electron chi connectivity index (χ4n) is 2.02. The van der Waals surface area contributed by atoms with Gasteiger partial charge in [0.1, 0.15) is 17.2 Å². The van der Waals surface area contributed by atoms with Gasteiger partial charge in [0.05, 0.1) is 12.3 Å². The van der Waals surface area contributed by atoms with Gasteiger partial charge in [-0.05, 0) is 26.0 Å². The molecule has 0 saturated heterocycles. The first-order chi connectivity index (χ1) is 10.1. The molecule has 1 aromatic carbocycles. The van der Waals surface area contributed by atoms with E-state index < -0.39 is 0 Å². The molecule has 0 fully saturated rings. The number of aryl methyl sites for hydroxylation is 2. The fraction of sp³-hybridized carbons (Fsp3) is 0.214. The predicted octanol–water partition coefficient (Wildman–Crippen LogP) is 2.64. The molecule has 21 heavy (non-hydrogen) atoms. The molecule has 0 bridgehead atoms. The Kier molecular flexibility index (Phi) is 3.52. The van der Waals surface area contributed by atoms with Crippen LogP contribution in [0.4, 0.5) is 4.39 Å². The van der Waals surface area contributed by atoms with Crippen molar-refractivity contribution in [2.45, 2.75) is 20.5 Å². The van der Waals surface area contributed by atoms with Gasteiger partial charge in [-0.25, -0.2) is 9.37 Å². The molecule has 0 amide bonds. The van der Waals surface area contributed by atoms with E-state index in [1.165, 1.54) is 23.5 Å². The van der Waals surface area contributed by atoms with Crippen LogP contribution in [0.15, 0.2) is 24.3 Å². The van der Waals surface area contributed by atoms with Gasteiger partial charge in [-0.1, -0.05) is 28.7 Å². The van der Waals surface area contributed by atoms with Crippen LogP contribution in [0.1, 0.15) is 16.3 Å². The zero-order chi connectivity index (χ0) is 15.0. The normalized spacial score (nSPS) is 11.0. The van der Waals surface area contributed by atoms with Crippen LogP contribution in [0.3, 0.4) is 0 Å². The second-order valence-electron chi connectivity index (χ2n) is 4.60. The topological polar surface area (TPSA) is 63.8 Å². The first-order valence-corrected chi connectivity index (χ1v) is 7.17.